The maximum absolute atomic E-state index is 6.14. The molecule has 0 heterocycles. The summed E-state index contributed by atoms with van der Waals surface area (Å²) < 4.78 is 0. The minimum absolute atomic E-state index is 0.0200. The van der Waals surface area contributed by atoms with Crippen LogP contribution in [0.25, 0.3) is 22.3 Å². The highest BCUT2D eigenvalue weighted by molar-refractivity contribution is 6.32. The Morgan fingerprint density at radius 1 is 0.655 bits per heavy atom. The third kappa shape index (κ3) is 2.17. The number of hydrogen-bond acceptors (Lipinski definition) is 0. The maximum atomic E-state index is 6.14. The highest BCUT2D eigenvalue weighted by Crippen LogP contribution is 2.56. The van der Waals surface area contributed by atoms with Crippen molar-refractivity contribution in [3.8, 4) is 22.3 Å². The molecule has 0 bridgehead atoms. The molecule has 1 saturated carbocycles. The zero-order valence-electron chi connectivity index (χ0n) is 17.9. The summed E-state index contributed by atoms with van der Waals surface area (Å²) in [5.74, 6) is 0.779. The molecule has 3 aromatic rings. The van der Waals surface area contributed by atoms with Gasteiger partial charge in [-0.15, -0.1) is 0 Å². The molecule has 0 N–H and O–H groups in total. The predicted octanol–water partition coefficient (Wildman–Crippen LogP) is 6.36. The molecule has 0 spiro atoms. The van der Waals surface area contributed by atoms with Gasteiger partial charge >= 0.3 is 0 Å². The van der Waals surface area contributed by atoms with E-state index in [0.29, 0.717) is 0 Å². The van der Waals surface area contributed by atoms with Gasteiger partial charge in [0, 0.05) is 10.8 Å². The minimum Gasteiger partial charge on any atom is -0.0963 e. The van der Waals surface area contributed by atoms with Crippen LogP contribution in [0.3, 0.4) is 0 Å². The standard InChI is InChI=1S/C28H27B/c1-27(2)23-12-17(16-6-5-7-16)8-10-19(23)21-14-26-22(15-25(21)27)20-11-9-18(29)13-24(20)28(26,3)4/h8-16H,5-7H2,1-4H3. The van der Waals surface area contributed by atoms with E-state index in [9.17, 15) is 0 Å². The van der Waals surface area contributed by atoms with Gasteiger partial charge in [-0.2, -0.15) is 0 Å². The first kappa shape index (κ1) is 17.6. The number of hydrogen-bond donors (Lipinski definition) is 0. The van der Waals surface area contributed by atoms with Crippen molar-refractivity contribution in [3.05, 3.63) is 76.3 Å². The zero-order chi connectivity index (χ0) is 20.1. The summed E-state index contributed by atoms with van der Waals surface area (Å²) in [4.78, 5) is 0. The van der Waals surface area contributed by atoms with Crippen LogP contribution in [0.1, 0.15) is 80.7 Å². The van der Waals surface area contributed by atoms with Crippen LogP contribution in [-0.2, 0) is 10.8 Å². The molecule has 0 aliphatic heterocycles. The Kier molecular flexibility index (Phi) is 3.30. The van der Waals surface area contributed by atoms with E-state index >= 15 is 0 Å². The Morgan fingerprint density at radius 3 is 1.72 bits per heavy atom. The van der Waals surface area contributed by atoms with Crippen molar-refractivity contribution in [1.82, 2.24) is 0 Å². The third-order valence-corrected chi connectivity index (χ3v) is 8.10. The summed E-state index contributed by atoms with van der Waals surface area (Å²) >= 11 is 0. The van der Waals surface area contributed by atoms with Gasteiger partial charge in [0.05, 0.1) is 0 Å². The van der Waals surface area contributed by atoms with Crippen molar-refractivity contribution in [2.45, 2.75) is 63.7 Å². The van der Waals surface area contributed by atoms with Crippen molar-refractivity contribution in [2.24, 2.45) is 0 Å². The molecule has 1 fully saturated rings. The zero-order valence-corrected chi connectivity index (χ0v) is 17.9. The molecular weight excluding hydrogens is 347 g/mol. The van der Waals surface area contributed by atoms with Gasteiger partial charge in [0.25, 0.3) is 0 Å². The van der Waals surface area contributed by atoms with Crippen molar-refractivity contribution >= 4 is 13.3 Å². The molecule has 3 aromatic carbocycles. The lowest BCUT2D eigenvalue weighted by Gasteiger charge is -2.28. The lowest BCUT2D eigenvalue weighted by Crippen LogP contribution is -2.18. The molecule has 3 aliphatic rings. The first-order valence-electron chi connectivity index (χ1n) is 11.0. The average Bonchev–Trinajstić information content (AvgIpc) is 2.99. The first-order valence-corrected chi connectivity index (χ1v) is 11.0. The van der Waals surface area contributed by atoms with E-state index in [2.05, 4.69) is 70.2 Å². The van der Waals surface area contributed by atoms with E-state index in [1.165, 1.54) is 63.8 Å². The molecule has 2 radical (unpaired) electrons. The van der Waals surface area contributed by atoms with E-state index in [0.717, 1.165) is 11.4 Å². The number of rotatable bonds is 1. The fourth-order valence-electron chi connectivity index (χ4n) is 5.99. The molecule has 6 rings (SSSR count). The molecule has 0 nitrogen and oxygen atoms in total. The summed E-state index contributed by atoms with van der Waals surface area (Å²) in [5.41, 5.74) is 13.8. The Balaban J connectivity index is 1.58. The Morgan fingerprint density at radius 2 is 1.17 bits per heavy atom. The molecule has 0 aromatic heterocycles. The van der Waals surface area contributed by atoms with Gasteiger partial charge in [-0.3, -0.25) is 0 Å². The second kappa shape index (κ2) is 5.45. The van der Waals surface area contributed by atoms with Crippen LogP contribution in [0.5, 0.6) is 0 Å². The van der Waals surface area contributed by atoms with Crippen LogP contribution < -0.4 is 5.46 Å². The molecule has 3 aliphatic carbocycles. The van der Waals surface area contributed by atoms with Crippen LogP contribution in [0.15, 0.2) is 48.5 Å². The van der Waals surface area contributed by atoms with Gasteiger partial charge in [0.2, 0.25) is 0 Å². The summed E-state index contributed by atoms with van der Waals surface area (Å²) in [6.07, 6.45) is 4.10. The van der Waals surface area contributed by atoms with E-state index in [1.54, 1.807) is 5.56 Å². The number of benzene rings is 3. The second-order valence-electron chi connectivity index (χ2n) is 10.4. The summed E-state index contributed by atoms with van der Waals surface area (Å²) in [6, 6.07) is 18.7. The first-order chi connectivity index (χ1) is 13.8. The predicted molar refractivity (Wildman–Crippen MR) is 124 cm³/mol. The van der Waals surface area contributed by atoms with E-state index in [-0.39, 0.29) is 10.8 Å². The lowest BCUT2D eigenvalue weighted by molar-refractivity contribution is 0.419. The summed E-state index contributed by atoms with van der Waals surface area (Å²) in [5, 5.41) is 0. The van der Waals surface area contributed by atoms with Crippen LogP contribution in [0.2, 0.25) is 0 Å². The number of fused-ring (bicyclic) bond motifs is 6. The fourth-order valence-corrected chi connectivity index (χ4v) is 5.99. The van der Waals surface area contributed by atoms with E-state index in [1.807, 2.05) is 6.07 Å². The van der Waals surface area contributed by atoms with Gasteiger partial charge in [0.15, 0.2) is 0 Å². The Bertz CT molecular complexity index is 1190. The Hall–Kier alpha value is -2.28. The highest BCUT2D eigenvalue weighted by atomic mass is 14.4. The van der Waals surface area contributed by atoms with Gasteiger partial charge in [0.1, 0.15) is 7.85 Å². The molecule has 142 valence electrons. The van der Waals surface area contributed by atoms with Crippen molar-refractivity contribution in [1.29, 1.82) is 0 Å². The largest absolute Gasteiger partial charge is 0.113 e. The van der Waals surface area contributed by atoms with Crippen LogP contribution in [0.4, 0.5) is 0 Å². The molecule has 0 saturated heterocycles. The van der Waals surface area contributed by atoms with Gasteiger partial charge in [-0.05, 0) is 81.0 Å². The smallest absolute Gasteiger partial charge is 0.0963 e. The highest BCUT2D eigenvalue weighted by Gasteiger charge is 2.41. The quantitative estimate of drug-likeness (QED) is 0.435. The van der Waals surface area contributed by atoms with E-state index in [4.69, 9.17) is 7.85 Å². The van der Waals surface area contributed by atoms with Crippen molar-refractivity contribution in [2.75, 3.05) is 0 Å². The summed E-state index contributed by atoms with van der Waals surface area (Å²) in [7, 11) is 6.14. The van der Waals surface area contributed by atoms with E-state index < -0.39 is 0 Å². The fraction of sp³-hybridized carbons (Fsp3) is 0.357. The molecule has 0 amide bonds. The topological polar surface area (TPSA) is 0 Å². The van der Waals surface area contributed by atoms with Gasteiger partial charge in [-0.1, -0.05) is 76.0 Å². The normalized spacial score (nSPS) is 19.9. The third-order valence-electron chi connectivity index (χ3n) is 8.10. The minimum atomic E-state index is -0.0200. The van der Waals surface area contributed by atoms with Crippen molar-refractivity contribution in [3.63, 3.8) is 0 Å². The summed E-state index contributed by atoms with van der Waals surface area (Å²) in [6.45, 7) is 9.48. The molecule has 29 heavy (non-hydrogen) atoms. The SMILES string of the molecule is [B]c1ccc2c(c1)C(C)(C)c1cc3c(cc1-2)C(C)(C)c1cc(C2CCC2)ccc1-3. The maximum Gasteiger partial charge on any atom is 0.113 e. The lowest BCUT2D eigenvalue weighted by atomic mass is 9.76. The van der Waals surface area contributed by atoms with Crippen LogP contribution in [-0.4, -0.2) is 7.85 Å². The molecular formula is C28H27B. The van der Waals surface area contributed by atoms with Gasteiger partial charge < -0.3 is 0 Å². The van der Waals surface area contributed by atoms with Gasteiger partial charge in [-0.25, -0.2) is 0 Å². The van der Waals surface area contributed by atoms with Crippen molar-refractivity contribution < 1.29 is 0 Å². The molecule has 0 atom stereocenters. The van der Waals surface area contributed by atoms with Crippen LogP contribution in [0, 0.1) is 0 Å². The second-order valence-corrected chi connectivity index (χ2v) is 10.4. The Labute approximate surface area is 175 Å². The average molecular weight is 374 g/mol. The molecule has 1 heteroatoms. The molecule has 0 unspecified atom stereocenters. The monoisotopic (exact) mass is 374 g/mol. The van der Waals surface area contributed by atoms with Crippen LogP contribution >= 0.6 is 0 Å².